The number of benzene rings is 1. The van der Waals surface area contributed by atoms with Gasteiger partial charge in [-0.3, -0.25) is 14.8 Å². The number of carbonyl (C=O) groups is 1. The van der Waals surface area contributed by atoms with E-state index in [0.29, 0.717) is 17.1 Å². The third kappa shape index (κ3) is 3.14. The Kier molecular flexibility index (Phi) is 3.47. The molecule has 0 aliphatic heterocycles. The molecule has 5 nitrogen and oxygen atoms in total. The summed E-state index contributed by atoms with van der Waals surface area (Å²) in [6.45, 7) is 0. The number of nitrogens with zero attached hydrogens (tertiary/aromatic N) is 2. The monoisotopic (exact) mass is 278 g/mol. The number of anilines is 2. The van der Waals surface area contributed by atoms with Gasteiger partial charge in [0.05, 0.1) is 29.5 Å². The number of nitrogen functional groups attached to an aromatic ring is 1. The van der Waals surface area contributed by atoms with Gasteiger partial charge in [0.1, 0.15) is 0 Å². The predicted octanol–water partition coefficient (Wildman–Crippen LogP) is 2.39. The van der Waals surface area contributed by atoms with Gasteiger partial charge in [0.15, 0.2) is 0 Å². The van der Waals surface area contributed by atoms with E-state index >= 15 is 0 Å². The van der Waals surface area contributed by atoms with E-state index in [0.717, 1.165) is 10.9 Å². The second-order valence-corrected chi connectivity index (χ2v) is 4.72. The summed E-state index contributed by atoms with van der Waals surface area (Å²) >= 11 is 0. The van der Waals surface area contributed by atoms with Gasteiger partial charge in [-0.05, 0) is 36.4 Å². The maximum absolute atomic E-state index is 12.0. The maximum Gasteiger partial charge on any atom is 0.230 e. The molecular weight excluding hydrogens is 264 g/mol. The van der Waals surface area contributed by atoms with Crippen LogP contribution in [-0.2, 0) is 11.2 Å². The molecule has 21 heavy (non-hydrogen) atoms. The molecule has 0 bridgehead atoms. The molecule has 0 saturated heterocycles. The van der Waals surface area contributed by atoms with E-state index in [-0.39, 0.29) is 12.3 Å². The quantitative estimate of drug-likeness (QED) is 0.721. The summed E-state index contributed by atoms with van der Waals surface area (Å²) in [6.07, 6.45) is 3.48. The molecule has 0 spiro atoms. The molecule has 0 atom stereocenters. The van der Waals surface area contributed by atoms with Crippen molar-refractivity contribution in [2.75, 3.05) is 11.1 Å². The zero-order valence-corrected chi connectivity index (χ0v) is 11.3. The van der Waals surface area contributed by atoms with Crippen LogP contribution in [0.2, 0.25) is 0 Å². The third-order valence-electron chi connectivity index (χ3n) is 3.06. The Morgan fingerprint density at radius 3 is 2.90 bits per heavy atom. The van der Waals surface area contributed by atoms with Gasteiger partial charge in [0, 0.05) is 17.3 Å². The van der Waals surface area contributed by atoms with Gasteiger partial charge in [-0.1, -0.05) is 6.07 Å². The number of nitrogens with one attached hydrogen (secondary N) is 1. The molecule has 0 unspecified atom stereocenters. The Labute approximate surface area is 121 Å². The Bertz CT molecular complexity index is 787. The Balaban J connectivity index is 1.75. The molecule has 5 heteroatoms. The van der Waals surface area contributed by atoms with Crippen molar-refractivity contribution in [3.63, 3.8) is 0 Å². The van der Waals surface area contributed by atoms with Crippen molar-refractivity contribution in [3.8, 4) is 0 Å². The van der Waals surface area contributed by atoms with Crippen molar-refractivity contribution in [2.45, 2.75) is 6.42 Å². The molecule has 3 rings (SSSR count). The van der Waals surface area contributed by atoms with Gasteiger partial charge in [0.25, 0.3) is 0 Å². The van der Waals surface area contributed by atoms with Gasteiger partial charge in [-0.15, -0.1) is 0 Å². The smallest absolute Gasteiger partial charge is 0.230 e. The van der Waals surface area contributed by atoms with E-state index in [1.807, 2.05) is 24.3 Å². The summed E-state index contributed by atoms with van der Waals surface area (Å²) in [5.41, 5.74) is 8.65. The van der Waals surface area contributed by atoms with Crippen LogP contribution in [0, 0.1) is 0 Å². The second kappa shape index (κ2) is 5.58. The minimum Gasteiger partial charge on any atom is -0.399 e. The molecule has 3 N–H and O–H groups in total. The average molecular weight is 278 g/mol. The highest BCUT2D eigenvalue weighted by molar-refractivity contribution is 5.92. The number of hydrogen-bond acceptors (Lipinski definition) is 4. The molecule has 0 radical (unpaired) electrons. The fourth-order valence-corrected chi connectivity index (χ4v) is 2.09. The zero-order chi connectivity index (χ0) is 14.7. The molecule has 0 saturated carbocycles. The largest absolute Gasteiger partial charge is 0.399 e. The Morgan fingerprint density at radius 2 is 2.10 bits per heavy atom. The van der Waals surface area contributed by atoms with Crippen molar-refractivity contribution in [1.82, 2.24) is 9.97 Å². The van der Waals surface area contributed by atoms with Crippen LogP contribution in [0.3, 0.4) is 0 Å². The van der Waals surface area contributed by atoms with Crippen LogP contribution >= 0.6 is 0 Å². The number of aromatic nitrogens is 2. The number of nitrogens with two attached hydrogens (primary N) is 1. The summed E-state index contributed by atoms with van der Waals surface area (Å²) in [6, 6.07) is 12.8. The van der Waals surface area contributed by atoms with E-state index in [9.17, 15) is 4.79 Å². The molecule has 2 aromatic heterocycles. The number of carbonyl (C=O) groups excluding carboxylic acids is 1. The Hall–Kier alpha value is -2.95. The topological polar surface area (TPSA) is 80.9 Å². The first-order chi connectivity index (χ1) is 10.2. The van der Waals surface area contributed by atoms with Gasteiger partial charge >= 0.3 is 0 Å². The molecule has 104 valence electrons. The minimum atomic E-state index is -0.120. The van der Waals surface area contributed by atoms with Crippen molar-refractivity contribution in [3.05, 3.63) is 60.6 Å². The number of hydrogen-bond donors (Lipinski definition) is 2. The van der Waals surface area contributed by atoms with Crippen LogP contribution in [-0.4, -0.2) is 15.9 Å². The lowest BCUT2D eigenvalue weighted by Gasteiger charge is -2.05. The molecule has 0 aliphatic rings. The van der Waals surface area contributed by atoms with Crippen LogP contribution in [0.5, 0.6) is 0 Å². The van der Waals surface area contributed by atoms with Gasteiger partial charge < -0.3 is 11.1 Å². The molecule has 2 heterocycles. The van der Waals surface area contributed by atoms with Crippen LogP contribution < -0.4 is 11.1 Å². The summed E-state index contributed by atoms with van der Waals surface area (Å²) in [5.74, 6) is -0.120. The first-order valence-electron chi connectivity index (χ1n) is 6.56. The standard InChI is InChI=1S/C16H14N4O/c17-12-4-6-15-11(8-12)3-5-13(19-15)9-16(21)20-14-2-1-7-18-10-14/h1-8,10H,9,17H2,(H,20,21). The van der Waals surface area contributed by atoms with Crippen LogP contribution in [0.25, 0.3) is 10.9 Å². The van der Waals surface area contributed by atoms with Crippen LogP contribution in [0.15, 0.2) is 54.9 Å². The van der Waals surface area contributed by atoms with Crippen molar-refractivity contribution in [1.29, 1.82) is 0 Å². The number of amides is 1. The van der Waals surface area contributed by atoms with Gasteiger partial charge in [-0.25, -0.2) is 0 Å². The first-order valence-corrected chi connectivity index (χ1v) is 6.56. The van der Waals surface area contributed by atoms with E-state index in [1.165, 1.54) is 0 Å². The van der Waals surface area contributed by atoms with Crippen molar-refractivity contribution in [2.24, 2.45) is 0 Å². The second-order valence-electron chi connectivity index (χ2n) is 4.72. The zero-order valence-electron chi connectivity index (χ0n) is 11.3. The van der Waals surface area contributed by atoms with E-state index in [1.54, 1.807) is 30.6 Å². The highest BCUT2D eigenvalue weighted by atomic mass is 16.1. The van der Waals surface area contributed by atoms with Gasteiger partial charge in [0.2, 0.25) is 5.91 Å². The maximum atomic E-state index is 12.0. The average Bonchev–Trinajstić information content (AvgIpc) is 2.48. The lowest BCUT2D eigenvalue weighted by atomic mass is 10.1. The summed E-state index contributed by atoms with van der Waals surface area (Å²) in [7, 11) is 0. The van der Waals surface area contributed by atoms with Crippen LogP contribution in [0.1, 0.15) is 5.69 Å². The molecule has 1 aromatic carbocycles. The molecule has 0 aliphatic carbocycles. The summed E-state index contributed by atoms with van der Waals surface area (Å²) < 4.78 is 0. The highest BCUT2D eigenvalue weighted by Crippen LogP contribution is 2.16. The van der Waals surface area contributed by atoms with Gasteiger partial charge in [-0.2, -0.15) is 0 Å². The normalized spacial score (nSPS) is 10.5. The lowest BCUT2D eigenvalue weighted by molar-refractivity contribution is -0.115. The van der Waals surface area contributed by atoms with Crippen molar-refractivity contribution >= 4 is 28.2 Å². The lowest BCUT2D eigenvalue weighted by Crippen LogP contribution is -2.15. The van der Waals surface area contributed by atoms with E-state index in [4.69, 9.17) is 5.73 Å². The Morgan fingerprint density at radius 1 is 1.19 bits per heavy atom. The van der Waals surface area contributed by atoms with E-state index < -0.39 is 0 Å². The number of rotatable bonds is 3. The fourth-order valence-electron chi connectivity index (χ4n) is 2.09. The summed E-state index contributed by atoms with van der Waals surface area (Å²) in [4.78, 5) is 20.4. The van der Waals surface area contributed by atoms with Crippen LogP contribution in [0.4, 0.5) is 11.4 Å². The number of pyridine rings is 2. The highest BCUT2D eigenvalue weighted by Gasteiger charge is 2.06. The minimum absolute atomic E-state index is 0.120. The number of fused-ring (bicyclic) bond motifs is 1. The molecular formula is C16H14N4O. The third-order valence-corrected chi connectivity index (χ3v) is 3.06. The summed E-state index contributed by atoms with van der Waals surface area (Å²) in [5, 5.41) is 3.75. The predicted molar refractivity (Wildman–Crippen MR) is 82.7 cm³/mol. The molecule has 0 fully saturated rings. The SMILES string of the molecule is Nc1ccc2nc(CC(=O)Nc3cccnc3)ccc2c1. The van der Waals surface area contributed by atoms with E-state index in [2.05, 4.69) is 15.3 Å². The van der Waals surface area contributed by atoms with Crippen molar-refractivity contribution < 1.29 is 4.79 Å². The first kappa shape index (κ1) is 13.1. The molecule has 3 aromatic rings. The molecule has 1 amide bonds. The fraction of sp³-hybridized carbons (Fsp3) is 0.0625.